The summed E-state index contributed by atoms with van der Waals surface area (Å²) >= 11 is 1.01. The summed E-state index contributed by atoms with van der Waals surface area (Å²) in [5, 5.41) is 13.2. The van der Waals surface area contributed by atoms with Crippen LogP contribution >= 0.6 is 11.8 Å². The van der Waals surface area contributed by atoms with Gasteiger partial charge in [0.25, 0.3) is 5.91 Å². The molecule has 12 heteroatoms. The first-order valence-corrected chi connectivity index (χ1v) is 12.4. The van der Waals surface area contributed by atoms with E-state index in [1.807, 2.05) is 6.92 Å². The summed E-state index contributed by atoms with van der Waals surface area (Å²) in [5.74, 6) is -0.443. The maximum atomic E-state index is 15.7. The maximum Gasteiger partial charge on any atom is 0.432 e. The highest BCUT2D eigenvalue weighted by Gasteiger charge is 2.22. The van der Waals surface area contributed by atoms with Crippen molar-refractivity contribution in [1.82, 2.24) is 15.0 Å². The van der Waals surface area contributed by atoms with Crippen molar-refractivity contribution in [2.24, 2.45) is 9.98 Å². The van der Waals surface area contributed by atoms with Crippen LogP contribution < -0.4 is 4.74 Å². The first-order valence-electron chi connectivity index (χ1n) is 11.1. The fourth-order valence-corrected chi connectivity index (χ4v) is 3.66. The molecule has 1 aromatic heterocycles. The van der Waals surface area contributed by atoms with Crippen LogP contribution in [0.2, 0.25) is 0 Å². The second kappa shape index (κ2) is 12.3. The Morgan fingerprint density at radius 1 is 1.22 bits per heavy atom. The number of amides is 2. The average Bonchev–Trinajstić information content (AvgIpc) is 3.31. The molecule has 0 aliphatic carbocycles. The van der Waals surface area contributed by atoms with Crippen LogP contribution in [-0.2, 0) is 11.2 Å². The van der Waals surface area contributed by atoms with E-state index in [4.69, 9.17) is 9.26 Å². The van der Waals surface area contributed by atoms with Crippen molar-refractivity contribution in [3.63, 3.8) is 0 Å². The number of likely N-dealkylation sites (N-methyl/N-ethyl adjacent to an activating group) is 1. The Hall–Kier alpha value is -4.06. The van der Waals surface area contributed by atoms with Crippen molar-refractivity contribution < 1.29 is 28.3 Å². The highest BCUT2D eigenvalue weighted by atomic mass is 32.2. The lowest BCUT2D eigenvalue weighted by molar-refractivity contribution is -0.130. The van der Waals surface area contributed by atoms with Crippen molar-refractivity contribution >= 4 is 40.2 Å². The molecule has 10 nitrogen and oxygen atoms in total. The molecule has 0 saturated carbocycles. The number of ether oxygens (including phenoxy) is 1. The number of aromatic nitrogens is 2. The molecule has 3 aromatic rings. The fraction of sp³-hybridized carbons (Fsp3) is 0.280. The third-order valence-corrected chi connectivity index (χ3v) is 5.77. The normalized spacial score (nSPS) is 11.9. The fourth-order valence-electron chi connectivity index (χ4n) is 3.14. The van der Waals surface area contributed by atoms with E-state index >= 15 is 4.39 Å². The number of aliphatic imine (C=N–C) groups is 2. The van der Waals surface area contributed by atoms with Crippen LogP contribution in [0.3, 0.4) is 0 Å². The summed E-state index contributed by atoms with van der Waals surface area (Å²) in [5.41, 5.74) is 1.81. The Labute approximate surface area is 217 Å². The van der Waals surface area contributed by atoms with Gasteiger partial charge in [-0.15, -0.1) is 11.8 Å². The number of halogens is 1. The van der Waals surface area contributed by atoms with Crippen LogP contribution in [-0.4, -0.2) is 69.9 Å². The van der Waals surface area contributed by atoms with E-state index in [1.54, 1.807) is 57.6 Å². The van der Waals surface area contributed by atoms with Crippen molar-refractivity contribution in [2.75, 3.05) is 27.0 Å². The van der Waals surface area contributed by atoms with Gasteiger partial charge in [-0.25, -0.2) is 14.2 Å². The number of carboxylic acid groups (broad SMARTS) is 1. The molecule has 3 rings (SSSR count). The molecular weight excluding hydrogens is 501 g/mol. The van der Waals surface area contributed by atoms with Crippen LogP contribution in [0.25, 0.3) is 11.4 Å². The standard InChI is InChI=1S/C25H26FN5O5S/c1-6-15-11-18(21(26)19(12-15)35-13-20(32)31(3)4)22(24(37-5)29-25(33)34)28-17-9-7-16(8-10-17)23-27-14(2)36-30-23/h7-12H,6,13H2,1-5H3,(H,33,34). The van der Waals surface area contributed by atoms with Crippen molar-refractivity contribution in [3.8, 4) is 17.1 Å². The van der Waals surface area contributed by atoms with Gasteiger partial charge in [0, 0.05) is 32.1 Å². The minimum Gasteiger partial charge on any atom is -0.481 e. The van der Waals surface area contributed by atoms with Crippen LogP contribution in [0.4, 0.5) is 14.9 Å². The van der Waals surface area contributed by atoms with E-state index in [-0.39, 0.29) is 34.6 Å². The van der Waals surface area contributed by atoms with Crippen LogP contribution in [0.1, 0.15) is 23.9 Å². The Balaban J connectivity index is 2.12. The number of carbonyl (C=O) groups excluding carboxylic acids is 1. The molecule has 0 spiro atoms. The summed E-state index contributed by atoms with van der Waals surface area (Å²) in [6.07, 6.45) is 0.704. The summed E-state index contributed by atoms with van der Waals surface area (Å²) in [4.78, 5) is 37.1. The van der Waals surface area contributed by atoms with Gasteiger partial charge in [-0.05, 0) is 54.6 Å². The van der Waals surface area contributed by atoms with Crippen molar-refractivity contribution in [2.45, 2.75) is 20.3 Å². The number of benzene rings is 2. The molecule has 2 aromatic carbocycles. The third-order valence-electron chi connectivity index (χ3n) is 5.10. The molecule has 0 radical (unpaired) electrons. The number of nitrogens with zero attached hydrogens (tertiary/aromatic N) is 5. The molecule has 37 heavy (non-hydrogen) atoms. The van der Waals surface area contributed by atoms with Gasteiger partial charge >= 0.3 is 6.09 Å². The van der Waals surface area contributed by atoms with E-state index < -0.39 is 11.9 Å². The van der Waals surface area contributed by atoms with Crippen LogP contribution in [0, 0.1) is 12.7 Å². The Bertz CT molecular complexity index is 1350. The molecule has 0 aliphatic heterocycles. The van der Waals surface area contributed by atoms with E-state index in [9.17, 15) is 14.7 Å². The molecule has 0 unspecified atom stereocenters. The van der Waals surface area contributed by atoms with Gasteiger partial charge in [-0.1, -0.05) is 12.1 Å². The zero-order valence-electron chi connectivity index (χ0n) is 21.0. The molecule has 1 heterocycles. The van der Waals surface area contributed by atoms with Crippen LogP contribution in [0.5, 0.6) is 5.75 Å². The minimum atomic E-state index is -1.44. The first-order chi connectivity index (χ1) is 17.6. The van der Waals surface area contributed by atoms with E-state index in [0.717, 1.165) is 11.8 Å². The molecule has 0 atom stereocenters. The van der Waals surface area contributed by atoms with Gasteiger partial charge in [-0.2, -0.15) is 9.98 Å². The van der Waals surface area contributed by atoms with Gasteiger partial charge in [0.2, 0.25) is 11.7 Å². The highest BCUT2D eigenvalue weighted by molar-refractivity contribution is 8.15. The van der Waals surface area contributed by atoms with Gasteiger partial charge in [0.1, 0.15) is 10.8 Å². The number of rotatable bonds is 8. The summed E-state index contributed by atoms with van der Waals surface area (Å²) in [7, 11) is 3.14. The molecule has 194 valence electrons. The molecule has 2 amide bonds. The Morgan fingerprint density at radius 2 is 1.92 bits per heavy atom. The van der Waals surface area contributed by atoms with Crippen molar-refractivity contribution in [3.05, 3.63) is 59.2 Å². The second-order valence-corrected chi connectivity index (χ2v) is 8.73. The molecule has 0 saturated heterocycles. The van der Waals surface area contributed by atoms with Crippen molar-refractivity contribution in [1.29, 1.82) is 0 Å². The molecule has 0 bridgehead atoms. The quantitative estimate of drug-likeness (QED) is 0.327. The number of aryl methyl sites for hydroxylation is 2. The highest BCUT2D eigenvalue weighted by Crippen LogP contribution is 2.28. The second-order valence-electron chi connectivity index (χ2n) is 7.93. The maximum absolute atomic E-state index is 15.7. The van der Waals surface area contributed by atoms with E-state index in [2.05, 4.69) is 20.1 Å². The largest absolute Gasteiger partial charge is 0.481 e. The molecule has 0 fully saturated rings. The molecule has 1 N–H and O–H groups in total. The third kappa shape index (κ3) is 7.00. The monoisotopic (exact) mass is 527 g/mol. The number of hydrogen-bond donors (Lipinski definition) is 1. The summed E-state index contributed by atoms with van der Waals surface area (Å²) < 4.78 is 26.3. The molecule has 0 aliphatic rings. The lowest BCUT2D eigenvalue weighted by atomic mass is 10.0. The lowest BCUT2D eigenvalue weighted by Gasteiger charge is -2.16. The van der Waals surface area contributed by atoms with Gasteiger partial charge < -0.3 is 19.3 Å². The smallest absolute Gasteiger partial charge is 0.432 e. The summed E-state index contributed by atoms with van der Waals surface area (Å²) in [6, 6.07) is 9.83. The Morgan fingerprint density at radius 3 is 2.46 bits per heavy atom. The topological polar surface area (TPSA) is 130 Å². The van der Waals surface area contributed by atoms with Gasteiger partial charge in [-0.3, -0.25) is 4.79 Å². The summed E-state index contributed by atoms with van der Waals surface area (Å²) in [6.45, 7) is 3.20. The Kier molecular flexibility index (Phi) is 9.12. The first kappa shape index (κ1) is 27.5. The van der Waals surface area contributed by atoms with Gasteiger partial charge in [0.05, 0.1) is 5.69 Å². The number of carbonyl (C=O) groups is 2. The van der Waals surface area contributed by atoms with E-state index in [1.165, 1.54) is 11.0 Å². The predicted octanol–water partition coefficient (Wildman–Crippen LogP) is 4.77. The minimum absolute atomic E-state index is 0.00105. The van der Waals surface area contributed by atoms with Gasteiger partial charge in [0.15, 0.2) is 18.2 Å². The lowest BCUT2D eigenvalue weighted by Crippen LogP contribution is -2.28. The number of hydrogen-bond acceptors (Lipinski definition) is 8. The zero-order chi connectivity index (χ0) is 27.1. The SMILES string of the molecule is CCc1cc(OCC(=O)N(C)C)c(F)c(C(=Nc2ccc(-c3noc(C)n3)cc2)C(=NC(=O)O)SC)c1. The number of thioether (sulfide) groups is 1. The van der Waals surface area contributed by atoms with Crippen LogP contribution in [0.15, 0.2) is 50.9 Å². The zero-order valence-corrected chi connectivity index (χ0v) is 21.8. The predicted molar refractivity (Wildman–Crippen MR) is 140 cm³/mol. The molecular formula is C25H26FN5O5S. The van der Waals surface area contributed by atoms with E-state index in [0.29, 0.717) is 35.0 Å². The average molecular weight is 528 g/mol.